The van der Waals surface area contributed by atoms with Crippen LogP contribution in [0.15, 0.2) is 23.1 Å². The van der Waals surface area contributed by atoms with Gasteiger partial charge < -0.3 is 15.4 Å². The van der Waals surface area contributed by atoms with Crippen molar-refractivity contribution in [3.63, 3.8) is 0 Å². The molecule has 24 heavy (non-hydrogen) atoms. The maximum atomic E-state index is 12.5. The molecule has 134 valence electrons. The largest absolute Gasteiger partial charge is 0.384 e. The molecular weight excluding hydrogens is 367 g/mol. The van der Waals surface area contributed by atoms with Gasteiger partial charge in [0.1, 0.15) is 0 Å². The molecule has 1 aromatic carbocycles. The summed E-state index contributed by atoms with van der Waals surface area (Å²) < 4.78 is 5.39. The van der Waals surface area contributed by atoms with Gasteiger partial charge in [0.15, 0.2) is 0 Å². The molecular formula is C17H24Cl2N2O2S. The van der Waals surface area contributed by atoms with Crippen LogP contribution in [-0.4, -0.2) is 44.5 Å². The number of thioether (sulfide) groups is 1. The van der Waals surface area contributed by atoms with Crippen molar-refractivity contribution in [1.82, 2.24) is 10.6 Å². The number of carbonyl (C=O) groups excluding carboxylic acids is 1. The first-order chi connectivity index (χ1) is 11.5. The van der Waals surface area contributed by atoms with E-state index in [1.165, 1.54) is 11.8 Å². The van der Waals surface area contributed by atoms with Crippen LogP contribution in [0.25, 0.3) is 0 Å². The Kier molecular flexibility index (Phi) is 7.69. The van der Waals surface area contributed by atoms with Crippen molar-refractivity contribution in [3.8, 4) is 0 Å². The Labute approximate surface area is 158 Å². The van der Waals surface area contributed by atoms with Crippen molar-refractivity contribution in [1.29, 1.82) is 0 Å². The Morgan fingerprint density at radius 2 is 2.12 bits per heavy atom. The van der Waals surface area contributed by atoms with Crippen LogP contribution in [0.5, 0.6) is 0 Å². The van der Waals surface area contributed by atoms with Gasteiger partial charge in [0, 0.05) is 29.0 Å². The molecule has 1 heterocycles. The van der Waals surface area contributed by atoms with Gasteiger partial charge in [-0.25, -0.2) is 0 Å². The molecule has 1 amide bonds. The van der Waals surface area contributed by atoms with E-state index in [9.17, 15) is 4.79 Å². The standard InChI is InChI=1S/C17H24Cl2N2O2S/c1-12(24-15-9-13(18)3-4-14(15)19)16(22)21-10-17(11-23-2)5-7-20-8-6-17/h3-4,9,12,20H,5-8,10-11H2,1-2H3,(H,21,22). The summed E-state index contributed by atoms with van der Waals surface area (Å²) in [4.78, 5) is 13.3. The van der Waals surface area contributed by atoms with E-state index in [0.717, 1.165) is 30.8 Å². The second-order valence-electron chi connectivity index (χ2n) is 6.24. The van der Waals surface area contributed by atoms with Gasteiger partial charge in [0.2, 0.25) is 5.91 Å². The highest BCUT2D eigenvalue weighted by Gasteiger charge is 2.33. The van der Waals surface area contributed by atoms with Crippen LogP contribution in [0.2, 0.25) is 10.0 Å². The summed E-state index contributed by atoms with van der Waals surface area (Å²) in [6.07, 6.45) is 2.01. The van der Waals surface area contributed by atoms with Gasteiger partial charge in [-0.2, -0.15) is 0 Å². The van der Waals surface area contributed by atoms with Crippen molar-refractivity contribution in [3.05, 3.63) is 28.2 Å². The van der Waals surface area contributed by atoms with Crippen molar-refractivity contribution < 1.29 is 9.53 Å². The lowest BCUT2D eigenvalue weighted by atomic mass is 9.79. The van der Waals surface area contributed by atoms with Crippen molar-refractivity contribution in [2.45, 2.75) is 29.9 Å². The fourth-order valence-corrected chi connectivity index (χ4v) is 4.30. The maximum Gasteiger partial charge on any atom is 0.233 e. The van der Waals surface area contributed by atoms with E-state index in [-0.39, 0.29) is 16.6 Å². The molecule has 1 aliphatic rings. The van der Waals surface area contributed by atoms with E-state index >= 15 is 0 Å². The van der Waals surface area contributed by atoms with Crippen molar-refractivity contribution in [2.75, 3.05) is 33.4 Å². The summed E-state index contributed by atoms with van der Waals surface area (Å²) in [6, 6.07) is 5.28. The smallest absolute Gasteiger partial charge is 0.233 e. The first-order valence-corrected chi connectivity index (χ1v) is 9.68. The number of nitrogens with one attached hydrogen (secondary N) is 2. The zero-order valence-corrected chi connectivity index (χ0v) is 16.4. The minimum Gasteiger partial charge on any atom is -0.384 e. The number of amides is 1. The van der Waals surface area contributed by atoms with Crippen LogP contribution in [-0.2, 0) is 9.53 Å². The lowest BCUT2D eigenvalue weighted by Crippen LogP contribution is -2.48. The van der Waals surface area contributed by atoms with E-state index in [2.05, 4.69) is 10.6 Å². The molecule has 1 saturated heterocycles. The summed E-state index contributed by atoms with van der Waals surface area (Å²) in [5.41, 5.74) is 0.0216. The number of piperidine rings is 1. The molecule has 0 saturated carbocycles. The fourth-order valence-electron chi connectivity index (χ4n) is 2.87. The first kappa shape index (κ1) is 19.9. The lowest BCUT2D eigenvalue weighted by Gasteiger charge is -2.37. The van der Waals surface area contributed by atoms with E-state index in [1.54, 1.807) is 25.3 Å². The SMILES string of the molecule is COCC1(CNC(=O)C(C)Sc2cc(Cl)ccc2Cl)CCNCC1. The number of halogens is 2. The molecule has 7 heteroatoms. The number of ether oxygens (including phenoxy) is 1. The Morgan fingerprint density at radius 1 is 1.42 bits per heavy atom. The second-order valence-corrected chi connectivity index (χ2v) is 8.46. The van der Waals surface area contributed by atoms with E-state index in [0.29, 0.717) is 23.2 Å². The molecule has 0 bridgehead atoms. The number of hydrogen-bond acceptors (Lipinski definition) is 4. The molecule has 0 radical (unpaired) electrons. The Balaban J connectivity index is 1.92. The highest BCUT2D eigenvalue weighted by Crippen LogP contribution is 2.33. The summed E-state index contributed by atoms with van der Waals surface area (Å²) in [7, 11) is 1.71. The second kappa shape index (κ2) is 9.30. The van der Waals surface area contributed by atoms with Crippen LogP contribution >= 0.6 is 35.0 Å². The zero-order chi connectivity index (χ0) is 17.6. The van der Waals surface area contributed by atoms with Gasteiger partial charge >= 0.3 is 0 Å². The summed E-state index contributed by atoms with van der Waals surface area (Å²) in [6.45, 7) is 5.10. The normalized spacial score (nSPS) is 18.2. The zero-order valence-electron chi connectivity index (χ0n) is 14.0. The summed E-state index contributed by atoms with van der Waals surface area (Å²) in [5, 5.41) is 7.42. The molecule has 1 atom stereocenters. The van der Waals surface area contributed by atoms with E-state index < -0.39 is 0 Å². The summed E-state index contributed by atoms with van der Waals surface area (Å²) >= 11 is 13.6. The van der Waals surface area contributed by atoms with Gasteiger partial charge in [0.05, 0.1) is 16.9 Å². The van der Waals surface area contributed by atoms with Crippen LogP contribution in [0.4, 0.5) is 0 Å². The third-order valence-corrected chi connectivity index (χ3v) is 6.15. The molecule has 2 N–H and O–H groups in total. The molecule has 1 aliphatic heterocycles. The van der Waals surface area contributed by atoms with Crippen molar-refractivity contribution >= 4 is 40.9 Å². The molecule has 2 rings (SSSR count). The average molecular weight is 391 g/mol. The van der Waals surface area contributed by atoms with Gasteiger partial charge in [-0.1, -0.05) is 23.2 Å². The molecule has 0 aromatic heterocycles. The minimum absolute atomic E-state index is 0.00468. The van der Waals surface area contributed by atoms with Gasteiger partial charge in [-0.05, 0) is 51.1 Å². The third-order valence-electron chi connectivity index (χ3n) is 4.32. The van der Waals surface area contributed by atoms with Crippen LogP contribution in [0.3, 0.4) is 0 Å². The van der Waals surface area contributed by atoms with Crippen molar-refractivity contribution in [2.24, 2.45) is 5.41 Å². The molecule has 0 aliphatic carbocycles. The monoisotopic (exact) mass is 390 g/mol. The maximum absolute atomic E-state index is 12.5. The highest BCUT2D eigenvalue weighted by molar-refractivity contribution is 8.00. The van der Waals surface area contributed by atoms with E-state index in [4.69, 9.17) is 27.9 Å². The van der Waals surface area contributed by atoms with Gasteiger partial charge in [-0.3, -0.25) is 4.79 Å². The number of rotatable bonds is 7. The first-order valence-electron chi connectivity index (χ1n) is 8.05. The minimum atomic E-state index is -0.248. The predicted molar refractivity (Wildman–Crippen MR) is 101 cm³/mol. The molecule has 0 spiro atoms. The van der Waals surface area contributed by atoms with Gasteiger partial charge in [0.25, 0.3) is 0 Å². The number of benzene rings is 1. The fraction of sp³-hybridized carbons (Fsp3) is 0.588. The van der Waals surface area contributed by atoms with E-state index in [1.807, 2.05) is 6.92 Å². The molecule has 1 unspecified atom stereocenters. The Hall–Kier alpha value is -0.460. The summed E-state index contributed by atoms with van der Waals surface area (Å²) in [5.74, 6) is 0.00468. The van der Waals surface area contributed by atoms with Gasteiger partial charge in [-0.15, -0.1) is 11.8 Å². The Bertz CT molecular complexity index is 560. The third kappa shape index (κ3) is 5.53. The highest BCUT2D eigenvalue weighted by atomic mass is 35.5. The lowest BCUT2D eigenvalue weighted by molar-refractivity contribution is -0.121. The topological polar surface area (TPSA) is 50.4 Å². The molecule has 4 nitrogen and oxygen atoms in total. The van der Waals surface area contributed by atoms with Crippen LogP contribution in [0, 0.1) is 5.41 Å². The Morgan fingerprint density at radius 3 is 2.79 bits per heavy atom. The molecule has 1 aromatic rings. The number of hydrogen-bond donors (Lipinski definition) is 2. The number of carbonyl (C=O) groups is 1. The predicted octanol–water partition coefficient (Wildman–Crippen LogP) is 3.61. The quantitative estimate of drug-likeness (QED) is 0.698. The average Bonchev–Trinajstić information content (AvgIpc) is 2.57. The number of methoxy groups -OCH3 is 1. The van der Waals surface area contributed by atoms with Crippen LogP contribution < -0.4 is 10.6 Å². The van der Waals surface area contributed by atoms with Crippen LogP contribution in [0.1, 0.15) is 19.8 Å². The molecule has 1 fully saturated rings.